The zero-order valence-electron chi connectivity index (χ0n) is 15.1. The number of rotatable bonds is 4. The van der Waals surface area contributed by atoms with E-state index in [1.54, 1.807) is 12.1 Å². The maximum absolute atomic E-state index is 12.3. The van der Waals surface area contributed by atoms with Gasteiger partial charge in [-0.25, -0.2) is 0 Å². The highest BCUT2D eigenvalue weighted by atomic mass is 35.5. The van der Waals surface area contributed by atoms with E-state index >= 15 is 0 Å². The van der Waals surface area contributed by atoms with Gasteiger partial charge in [0.2, 0.25) is 0 Å². The number of ketones is 2. The quantitative estimate of drug-likeness (QED) is 0.822. The summed E-state index contributed by atoms with van der Waals surface area (Å²) < 4.78 is 6.06. The Balaban J connectivity index is 2.16. The molecule has 2 heterocycles. The number of nitrogens with one attached hydrogen (secondary N) is 1. The number of carbonyl (C=O) groups excluding carboxylic acids is 2. The standard InChI is InChI=1S/C21H20ClNO3/c1-11-19(13(3)24)21(20(14(4)25)12(2)23-11)18-10-9-17(26-18)15-7-5-6-8-16(15)22/h5-10,21,23H,1-4H3. The SMILES string of the molecule is CC(=O)C1=C(C)NC(C)=C(C(C)=O)C1c1ccc(-c2ccccc2Cl)o1. The van der Waals surface area contributed by atoms with Crippen LogP contribution in [0.4, 0.5) is 0 Å². The lowest BCUT2D eigenvalue weighted by atomic mass is 9.80. The van der Waals surface area contributed by atoms with Crippen molar-refractivity contribution in [2.24, 2.45) is 0 Å². The van der Waals surface area contributed by atoms with Crippen molar-refractivity contribution in [1.29, 1.82) is 0 Å². The van der Waals surface area contributed by atoms with Crippen LogP contribution in [0, 0.1) is 0 Å². The molecule has 1 aromatic heterocycles. The zero-order chi connectivity index (χ0) is 19.0. The van der Waals surface area contributed by atoms with Crippen molar-refractivity contribution < 1.29 is 14.0 Å². The van der Waals surface area contributed by atoms with Crippen LogP contribution in [0.2, 0.25) is 5.02 Å². The van der Waals surface area contributed by atoms with Gasteiger partial charge in [0.25, 0.3) is 0 Å². The van der Waals surface area contributed by atoms with Crippen molar-refractivity contribution in [3.05, 3.63) is 69.7 Å². The van der Waals surface area contributed by atoms with Gasteiger partial charge in [-0.15, -0.1) is 0 Å². The fourth-order valence-corrected chi connectivity index (χ4v) is 3.76. The third-order valence-electron chi connectivity index (χ3n) is 4.57. The summed E-state index contributed by atoms with van der Waals surface area (Å²) >= 11 is 6.26. The van der Waals surface area contributed by atoms with E-state index in [1.165, 1.54) is 13.8 Å². The van der Waals surface area contributed by atoms with Gasteiger partial charge in [-0.3, -0.25) is 9.59 Å². The van der Waals surface area contributed by atoms with Crippen molar-refractivity contribution in [3.8, 4) is 11.3 Å². The van der Waals surface area contributed by atoms with Crippen LogP contribution in [0.1, 0.15) is 39.4 Å². The molecule has 134 valence electrons. The minimum atomic E-state index is -0.525. The second-order valence-electron chi connectivity index (χ2n) is 6.43. The summed E-state index contributed by atoms with van der Waals surface area (Å²) in [4.78, 5) is 24.6. The number of dihydropyridines is 1. The van der Waals surface area contributed by atoms with Gasteiger partial charge in [0, 0.05) is 28.1 Å². The lowest BCUT2D eigenvalue weighted by Crippen LogP contribution is -2.29. The van der Waals surface area contributed by atoms with Gasteiger partial charge in [-0.05, 0) is 52.0 Å². The van der Waals surface area contributed by atoms with Crippen LogP contribution in [-0.4, -0.2) is 11.6 Å². The number of hydrogen-bond acceptors (Lipinski definition) is 4. The number of halogens is 1. The van der Waals surface area contributed by atoms with E-state index in [2.05, 4.69) is 5.32 Å². The number of hydrogen-bond donors (Lipinski definition) is 1. The Bertz CT molecular complexity index is 929. The number of carbonyl (C=O) groups is 2. The molecular weight excluding hydrogens is 350 g/mol. The summed E-state index contributed by atoms with van der Waals surface area (Å²) in [5.41, 5.74) is 3.33. The van der Waals surface area contributed by atoms with Gasteiger partial charge in [0.05, 0.1) is 10.9 Å². The average Bonchev–Trinajstić information content (AvgIpc) is 3.03. The summed E-state index contributed by atoms with van der Waals surface area (Å²) in [6, 6.07) is 11.0. The molecule has 4 nitrogen and oxygen atoms in total. The smallest absolute Gasteiger partial charge is 0.158 e. The molecule has 0 spiro atoms. The summed E-state index contributed by atoms with van der Waals surface area (Å²) in [7, 11) is 0. The number of allylic oxidation sites excluding steroid dienone is 4. The lowest BCUT2D eigenvalue weighted by molar-refractivity contribution is -0.114. The molecule has 0 unspecified atom stereocenters. The fourth-order valence-electron chi connectivity index (χ4n) is 3.53. The molecule has 2 aromatic rings. The van der Waals surface area contributed by atoms with Crippen LogP contribution >= 0.6 is 11.6 Å². The molecule has 0 saturated carbocycles. The Morgan fingerprint density at radius 1 is 0.962 bits per heavy atom. The topological polar surface area (TPSA) is 59.3 Å². The third kappa shape index (κ3) is 3.13. The van der Waals surface area contributed by atoms with Crippen LogP contribution in [0.25, 0.3) is 11.3 Å². The molecule has 1 aliphatic rings. The number of Topliss-reactive ketones (excluding diaryl/α,β-unsaturated/α-hetero) is 2. The second-order valence-corrected chi connectivity index (χ2v) is 6.84. The minimum Gasteiger partial charge on any atom is -0.460 e. The van der Waals surface area contributed by atoms with Crippen molar-refractivity contribution in [2.75, 3.05) is 0 Å². The predicted octanol–water partition coefficient (Wildman–Crippen LogP) is 5.01. The molecule has 1 N–H and O–H groups in total. The summed E-state index contributed by atoms with van der Waals surface area (Å²) in [5.74, 6) is 0.437. The van der Waals surface area contributed by atoms with E-state index in [1.807, 2.05) is 38.1 Å². The molecule has 0 aliphatic carbocycles. The molecule has 0 atom stereocenters. The van der Waals surface area contributed by atoms with E-state index in [4.69, 9.17) is 16.0 Å². The van der Waals surface area contributed by atoms with E-state index < -0.39 is 5.92 Å². The molecule has 26 heavy (non-hydrogen) atoms. The highest BCUT2D eigenvalue weighted by Gasteiger charge is 2.35. The molecule has 5 heteroatoms. The van der Waals surface area contributed by atoms with Crippen molar-refractivity contribution in [1.82, 2.24) is 5.32 Å². The number of benzene rings is 1. The Hall–Kier alpha value is -2.59. The Morgan fingerprint density at radius 2 is 1.54 bits per heavy atom. The first-order valence-electron chi connectivity index (χ1n) is 8.36. The van der Waals surface area contributed by atoms with Gasteiger partial charge in [-0.2, -0.15) is 0 Å². The molecule has 3 rings (SSSR count). The normalized spacial score (nSPS) is 15.3. The highest BCUT2D eigenvalue weighted by molar-refractivity contribution is 6.33. The molecule has 0 bridgehead atoms. The zero-order valence-corrected chi connectivity index (χ0v) is 15.9. The Kier molecular flexibility index (Phi) is 4.88. The van der Waals surface area contributed by atoms with E-state index in [-0.39, 0.29) is 11.6 Å². The summed E-state index contributed by atoms with van der Waals surface area (Å²) in [5, 5.41) is 3.72. The molecule has 1 aliphatic heterocycles. The number of furan rings is 1. The van der Waals surface area contributed by atoms with Crippen LogP contribution in [-0.2, 0) is 9.59 Å². The van der Waals surface area contributed by atoms with Crippen LogP contribution < -0.4 is 5.32 Å². The molecule has 1 aromatic carbocycles. The maximum Gasteiger partial charge on any atom is 0.158 e. The first-order valence-corrected chi connectivity index (χ1v) is 8.74. The maximum atomic E-state index is 12.3. The first-order chi connectivity index (χ1) is 12.3. The van der Waals surface area contributed by atoms with Crippen LogP contribution in [0.3, 0.4) is 0 Å². The molecular formula is C21H20ClNO3. The van der Waals surface area contributed by atoms with Gasteiger partial charge >= 0.3 is 0 Å². The van der Waals surface area contributed by atoms with Crippen LogP contribution in [0.15, 0.2) is 63.4 Å². The average molecular weight is 370 g/mol. The van der Waals surface area contributed by atoms with Gasteiger partial charge < -0.3 is 9.73 Å². The Morgan fingerprint density at radius 3 is 2.08 bits per heavy atom. The van der Waals surface area contributed by atoms with Crippen molar-refractivity contribution in [2.45, 2.75) is 33.6 Å². The molecule has 0 saturated heterocycles. The molecule has 0 amide bonds. The first kappa shape index (κ1) is 18.2. The molecule has 0 radical (unpaired) electrons. The molecule has 0 fully saturated rings. The van der Waals surface area contributed by atoms with E-state index in [0.717, 1.165) is 17.0 Å². The van der Waals surface area contributed by atoms with Crippen molar-refractivity contribution in [3.63, 3.8) is 0 Å². The van der Waals surface area contributed by atoms with E-state index in [9.17, 15) is 9.59 Å². The van der Waals surface area contributed by atoms with Gasteiger partial charge in [0.1, 0.15) is 11.5 Å². The highest BCUT2D eigenvalue weighted by Crippen LogP contribution is 2.41. The van der Waals surface area contributed by atoms with Gasteiger partial charge in [-0.1, -0.05) is 23.7 Å². The van der Waals surface area contributed by atoms with E-state index in [0.29, 0.717) is 27.7 Å². The second kappa shape index (κ2) is 6.96. The summed E-state index contributed by atoms with van der Waals surface area (Å²) in [6.07, 6.45) is 0. The Labute approximate surface area is 157 Å². The van der Waals surface area contributed by atoms with Crippen LogP contribution in [0.5, 0.6) is 0 Å². The predicted molar refractivity (Wildman–Crippen MR) is 102 cm³/mol. The largest absolute Gasteiger partial charge is 0.460 e. The fraction of sp³-hybridized carbons (Fsp3) is 0.238. The minimum absolute atomic E-state index is 0.0954. The lowest BCUT2D eigenvalue weighted by Gasteiger charge is -2.28. The van der Waals surface area contributed by atoms with Crippen molar-refractivity contribution >= 4 is 23.2 Å². The third-order valence-corrected chi connectivity index (χ3v) is 4.90. The summed E-state index contributed by atoms with van der Waals surface area (Å²) in [6.45, 7) is 6.68. The van der Waals surface area contributed by atoms with Gasteiger partial charge in [0.15, 0.2) is 11.6 Å². The monoisotopic (exact) mass is 369 g/mol.